The lowest BCUT2D eigenvalue weighted by Crippen LogP contribution is -2.28. The first-order chi connectivity index (χ1) is 14.8. The number of allylic oxidation sites excluding steroid dienone is 1. The van der Waals surface area contributed by atoms with Crippen molar-refractivity contribution in [1.29, 1.82) is 0 Å². The number of benzene rings is 1. The van der Waals surface area contributed by atoms with Gasteiger partial charge in [-0.3, -0.25) is 4.79 Å². The minimum absolute atomic E-state index is 0.0307. The molecule has 31 heavy (non-hydrogen) atoms. The molecule has 4 rings (SSSR count). The van der Waals surface area contributed by atoms with Gasteiger partial charge in [0.2, 0.25) is 0 Å². The fraction of sp³-hybridized carbons (Fsp3) is 0.391. The predicted molar refractivity (Wildman–Crippen MR) is 111 cm³/mol. The molecule has 0 radical (unpaired) electrons. The highest BCUT2D eigenvalue weighted by atomic mass is 19.3. The Labute approximate surface area is 177 Å². The number of hydrogen-bond acceptors (Lipinski definition) is 4. The monoisotopic (exact) mass is 431 g/mol. The summed E-state index contributed by atoms with van der Waals surface area (Å²) < 4.78 is 38.2. The number of pyridine rings is 1. The first kappa shape index (κ1) is 21.1. The number of aromatic carboxylic acids is 1. The van der Waals surface area contributed by atoms with Crippen molar-refractivity contribution in [2.75, 3.05) is 7.11 Å². The molecule has 164 valence electrons. The summed E-state index contributed by atoms with van der Waals surface area (Å²) in [5, 5.41) is 9.38. The molecule has 8 heteroatoms. The van der Waals surface area contributed by atoms with Crippen molar-refractivity contribution in [3.63, 3.8) is 0 Å². The SMILES string of the molecule is CCC1CC2CCc3ccc(OC)c(OC(F)F)c3C=C2c2cc(=O)c(C(=O)O)cn21. The van der Waals surface area contributed by atoms with E-state index in [1.54, 1.807) is 12.1 Å². The molecule has 1 aromatic heterocycles. The number of aryl methyl sites for hydroxylation is 1. The van der Waals surface area contributed by atoms with E-state index in [1.165, 1.54) is 19.4 Å². The zero-order valence-electron chi connectivity index (χ0n) is 17.2. The lowest BCUT2D eigenvalue weighted by Gasteiger charge is -2.35. The van der Waals surface area contributed by atoms with Crippen LogP contribution >= 0.6 is 0 Å². The Morgan fingerprint density at radius 3 is 2.77 bits per heavy atom. The second kappa shape index (κ2) is 8.17. The van der Waals surface area contributed by atoms with Crippen LogP contribution in [0.5, 0.6) is 11.5 Å². The van der Waals surface area contributed by atoms with Crippen LogP contribution in [-0.2, 0) is 6.42 Å². The Balaban J connectivity index is 1.96. The van der Waals surface area contributed by atoms with E-state index in [1.807, 2.05) is 17.6 Å². The Kier molecular flexibility index (Phi) is 5.56. The number of rotatable bonds is 5. The molecule has 0 amide bonds. The van der Waals surface area contributed by atoms with Gasteiger partial charge in [-0.2, -0.15) is 8.78 Å². The van der Waals surface area contributed by atoms with Crippen molar-refractivity contribution in [2.45, 2.75) is 45.3 Å². The summed E-state index contributed by atoms with van der Waals surface area (Å²) in [6, 6.07) is 4.86. The fourth-order valence-corrected chi connectivity index (χ4v) is 4.70. The zero-order chi connectivity index (χ0) is 22.3. The van der Waals surface area contributed by atoms with Crippen LogP contribution in [0, 0.1) is 5.92 Å². The molecule has 0 saturated heterocycles. The first-order valence-electron chi connectivity index (χ1n) is 10.2. The molecule has 1 aromatic carbocycles. The van der Waals surface area contributed by atoms with E-state index in [-0.39, 0.29) is 29.0 Å². The predicted octanol–water partition coefficient (Wildman–Crippen LogP) is 4.61. The van der Waals surface area contributed by atoms with E-state index in [0.29, 0.717) is 17.7 Å². The van der Waals surface area contributed by atoms with E-state index in [4.69, 9.17) is 9.47 Å². The highest BCUT2D eigenvalue weighted by molar-refractivity contribution is 5.89. The molecule has 1 aliphatic heterocycles. The van der Waals surface area contributed by atoms with Crippen LogP contribution in [0.3, 0.4) is 0 Å². The maximum atomic E-state index is 13.2. The van der Waals surface area contributed by atoms with Gasteiger partial charge in [0, 0.05) is 29.6 Å². The van der Waals surface area contributed by atoms with Gasteiger partial charge >= 0.3 is 12.6 Å². The quantitative estimate of drug-likeness (QED) is 0.748. The Bertz CT molecular complexity index is 1120. The molecule has 2 atom stereocenters. The Hall–Kier alpha value is -3.16. The van der Waals surface area contributed by atoms with Crippen LogP contribution in [0.15, 0.2) is 29.2 Å². The molecular formula is C23H23F2NO5. The highest BCUT2D eigenvalue weighted by Gasteiger charge is 2.33. The molecule has 2 heterocycles. The number of carbonyl (C=O) groups is 1. The van der Waals surface area contributed by atoms with E-state index >= 15 is 0 Å². The molecule has 2 unspecified atom stereocenters. The van der Waals surface area contributed by atoms with Crippen LogP contribution in [-0.4, -0.2) is 29.4 Å². The summed E-state index contributed by atoms with van der Waals surface area (Å²) in [5.74, 6) is -0.986. The molecule has 0 spiro atoms. The second-order valence-electron chi connectivity index (χ2n) is 7.83. The molecule has 1 aliphatic carbocycles. The number of carboxylic acids is 1. The molecule has 1 N–H and O–H groups in total. The normalized spacial score (nSPS) is 19.6. The molecule has 2 aromatic rings. The lowest BCUT2D eigenvalue weighted by molar-refractivity contribution is -0.0514. The smallest absolute Gasteiger partial charge is 0.387 e. The number of ether oxygens (including phenoxy) is 2. The highest BCUT2D eigenvalue weighted by Crippen LogP contribution is 2.47. The molecule has 2 aliphatic rings. The molecule has 0 bridgehead atoms. The summed E-state index contributed by atoms with van der Waals surface area (Å²) in [5.41, 5.74) is 1.96. The largest absolute Gasteiger partial charge is 0.493 e. The van der Waals surface area contributed by atoms with Crippen molar-refractivity contribution in [1.82, 2.24) is 4.57 Å². The van der Waals surface area contributed by atoms with Crippen molar-refractivity contribution in [3.8, 4) is 11.5 Å². The van der Waals surface area contributed by atoms with Gasteiger partial charge in [-0.1, -0.05) is 13.0 Å². The minimum Gasteiger partial charge on any atom is -0.493 e. The fourth-order valence-electron chi connectivity index (χ4n) is 4.70. The standard InChI is InChI=1S/C23H23F2NO5/c1-3-14-8-13-5-4-12-6-7-20(30-2)21(31-23(24)25)16(12)9-15(13)18-10-19(27)17(22(28)29)11-26(14)18/h6-7,9-11,13-14,23H,3-5,8H2,1-2H3,(H,28,29). The summed E-state index contributed by atoms with van der Waals surface area (Å²) in [6.07, 6.45) is 6.19. The van der Waals surface area contributed by atoms with Gasteiger partial charge in [0.15, 0.2) is 16.9 Å². The number of aromatic nitrogens is 1. The van der Waals surface area contributed by atoms with E-state index in [9.17, 15) is 23.5 Å². The van der Waals surface area contributed by atoms with Crippen molar-refractivity contribution >= 4 is 17.6 Å². The average molecular weight is 431 g/mol. The molecule has 6 nitrogen and oxygen atoms in total. The van der Waals surface area contributed by atoms with E-state index < -0.39 is 18.0 Å². The summed E-state index contributed by atoms with van der Waals surface area (Å²) >= 11 is 0. The number of methoxy groups -OCH3 is 1. The van der Waals surface area contributed by atoms with Gasteiger partial charge in [0.05, 0.1) is 7.11 Å². The topological polar surface area (TPSA) is 77.8 Å². The van der Waals surface area contributed by atoms with Gasteiger partial charge in [0.1, 0.15) is 5.56 Å². The van der Waals surface area contributed by atoms with E-state index in [0.717, 1.165) is 30.4 Å². The van der Waals surface area contributed by atoms with E-state index in [2.05, 4.69) is 0 Å². The third-order valence-corrected chi connectivity index (χ3v) is 6.21. The first-order valence-corrected chi connectivity index (χ1v) is 10.2. The summed E-state index contributed by atoms with van der Waals surface area (Å²) in [6.45, 7) is -0.992. The van der Waals surface area contributed by atoms with Gasteiger partial charge in [-0.05, 0) is 54.9 Å². The Morgan fingerprint density at radius 1 is 1.35 bits per heavy atom. The van der Waals surface area contributed by atoms with Crippen LogP contribution in [0.2, 0.25) is 0 Å². The van der Waals surface area contributed by atoms with Crippen molar-refractivity contribution in [2.24, 2.45) is 5.92 Å². The molecule has 0 fully saturated rings. The Morgan fingerprint density at radius 2 is 2.13 bits per heavy atom. The number of alkyl halides is 2. The number of nitrogens with zero attached hydrogens (tertiary/aromatic N) is 1. The maximum absolute atomic E-state index is 13.2. The lowest BCUT2D eigenvalue weighted by atomic mass is 9.82. The van der Waals surface area contributed by atoms with Crippen LogP contribution in [0.25, 0.3) is 11.6 Å². The van der Waals surface area contributed by atoms with Gasteiger partial charge in [-0.25, -0.2) is 4.79 Å². The van der Waals surface area contributed by atoms with Crippen LogP contribution in [0.1, 0.15) is 59.4 Å². The second-order valence-corrected chi connectivity index (χ2v) is 7.83. The van der Waals surface area contributed by atoms with Gasteiger partial charge in [-0.15, -0.1) is 0 Å². The zero-order valence-corrected chi connectivity index (χ0v) is 17.2. The van der Waals surface area contributed by atoms with Crippen LogP contribution < -0.4 is 14.9 Å². The maximum Gasteiger partial charge on any atom is 0.387 e. The van der Waals surface area contributed by atoms with Gasteiger partial charge in [0.25, 0.3) is 0 Å². The third kappa shape index (κ3) is 3.71. The summed E-state index contributed by atoms with van der Waals surface area (Å²) in [4.78, 5) is 24.0. The minimum atomic E-state index is -3.01. The molecule has 0 saturated carbocycles. The van der Waals surface area contributed by atoms with Gasteiger partial charge < -0.3 is 19.1 Å². The average Bonchev–Trinajstić information content (AvgIpc) is 2.92. The molecular weight excluding hydrogens is 408 g/mol. The number of halogens is 2. The van der Waals surface area contributed by atoms with Crippen molar-refractivity contribution in [3.05, 3.63) is 57.0 Å². The number of fused-ring (bicyclic) bond motifs is 4. The van der Waals surface area contributed by atoms with Crippen molar-refractivity contribution < 1.29 is 28.2 Å². The number of hydrogen-bond donors (Lipinski definition) is 1. The van der Waals surface area contributed by atoms with Crippen LogP contribution in [0.4, 0.5) is 8.78 Å². The number of carboxylic acid groups (broad SMARTS) is 1. The summed E-state index contributed by atoms with van der Waals surface area (Å²) in [7, 11) is 1.39. The third-order valence-electron chi connectivity index (χ3n) is 6.21.